The second-order valence-electron chi connectivity index (χ2n) is 17.4. The summed E-state index contributed by atoms with van der Waals surface area (Å²) >= 11 is 0. The fourth-order valence-electron chi connectivity index (χ4n) is 10.7. The van der Waals surface area contributed by atoms with Crippen molar-refractivity contribution in [3.63, 3.8) is 0 Å². The van der Waals surface area contributed by atoms with Crippen molar-refractivity contribution >= 4 is 70.9 Å². The zero-order valence-electron chi connectivity index (χ0n) is 32.7. The zero-order valence-corrected chi connectivity index (χ0v) is 32.7. The van der Waals surface area contributed by atoms with E-state index in [4.69, 9.17) is 0 Å². The van der Waals surface area contributed by atoms with Gasteiger partial charge in [-0.25, -0.2) is 0 Å². The van der Waals surface area contributed by atoms with E-state index in [0.29, 0.717) is 0 Å². The van der Waals surface area contributed by atoms with Gasteiger partial charge in [0.25, 0.3) is 0 Å². The van der Waals surface area contributed by atoms with E-state index in [-0.39, 0.29) is 10.8 Å². The first-order valence-electron chi connectivity index (χ1n) is 20.2. The molecule has 12 rings (SSSR count). The third-order valence-corrected chi connectivity index (χ3v) is 13.5. The van der Waals surface area contributed by atoms with E-state index in [2.05, 4.69) is 209 Å². The SMILES string of the molecule is CC1(C)c2cc3ccccc3cc2-c2cc3ccc(N(c4ccc5ccccc5c4)c4ccc5c6c(ccc5c4)-c4ccc5ccccc5c4C6(C)C)cc3cc21. The third-order valence-electron chi connectivity index (χ3n) is 13.5. The first-order chi connectivity index (χ1) is 27.7. The quantitative estimate of drug-likeness (QED) is 0.175. The van der Waals surface area contributed by atoms with Crippen molar-refractivity contribution in [3.8, 4) is 22.3 Å². The smallest absolute Gasteiger partial charge is 0.0468 e. The van der Waals surface area contributed by atoms with Gasteiger partial charge in [-0.1, -0.05) is 143 Å². The predicted molar refractivity (Wildman–Crippen MR) is 244 cm³/mol. The predicted octanol–water partition coefficient (Wildman–Crippen LogP) is 15.5. The number of rotatable bonds is 3. The monoisotopic (exact) mass is 727 g/mol. The van der Waals surface area contributed by atoms with Gasteiger partial charge in [-0.05, 0) is 159 Å². The van der Waals surface area contributed by atoms with Gasteiger partial charge in [0.15, 0.2) is 0 Å². The van der Waals surface area contributed by atoms with E-state index in [0.717, 1.165) is 17.1 Å². The van der Waals surface area contributed by atoms with Gasteiger partial charge < -0.3 is 4.90 Å². The van der Waals surface area contributed by atoms with Crippen LogP contribution in [-0.4, -0.2) is 0 Å². The molecule has 10 aromatic carbocycles. The molecule has 0 aliphatic heterocycles. The highest BCUT2D eigenvalue weighted by molar-refractivity contribution is 6.05. The first-order valence-corrected chi connectivity index (χ1v) is 20.2. The highest BCUT2D eigenvalue weighted by Crippen LogP contribution is 2.55. The maximum Gasteiger partial charge on any atom is 0.0468 e. The molecule has 10 aromatic rings. The Morgan fingerprint density at radius 3 is 1.39 bits per heavy atom. The number of hydrogen-bond donors (Lipinski definition) is 0. The lowest BCUT2D eigenvalue weighted by atomic mass is 9.78. The molecule has 2 aliphatic rings. The Labute approximate surface area is 333 Å². The molecule has 57 heavy (non-hydrogen) atoms. The lowest BCUT2D eigenvalue weighted by Crippen LogP contribution is -2.16. The van der Waals surface area contributed by atoms with Crippen LogP contribution in [0.2, 0.25) is 0 Å². The van der Waals surface area contributed by atoms with E-state index in [1.54, 1.807) is 0 Å². The Hall–Kier alpha value is -6.70. The van der Waals surface area contributed by atoms with Crippen molar-refractivity contribution in [3.05, 3.63) is 198 Å². The van der Waals surface area contributed by atoms with Gasteiger partial charge in [-0.3, -0.25) is 0 Å². The molecule has 0 radical (unpaired) electrons. The van der Waals surface area contributed by atoms with Crippen LogP contribution in [0.3, 0.4) is 0 Å². The van der Waals surface area contributed by atoms with Crippen molar-refractivity contribution in [1.29, 1.82) is 0 Å². The molecule has 0 aromatic heterocycles. The largest absolute Gasteiger partial charge is 0.310 e. The van der Waals surface area contributed by atoms with E-state index in [1.165, 1.54) is 98.4 Å². The molecule has 0 amide bonds. The fourth-order valence-corrected chi connectivity index (χ4v) is 10.7. The molecule has 0 bridgehead atoms. The number of anilines is 3. The van der Waals surface area contributed by atoms with Crippen LogP contribution in [0, 0.1) is 0 Å². The molecule has 2 aliphatic carbocycles. The summed E-state index contributed by atoms with van der Waals surface area (Å²) < 4.78 is 0. The molecular weight excluding hydrogens is 687 g/mol. The van der Waals surface area contributed by atoms with Crippen LogP contribution in [0.1, 0.15) is 49.9 Å². The topological polar surface area (TPSA) is 3.24 Å². The minimum Gasteiger partial charge on any atom is -0.310 e. The van der Waals surface area contributed by atoms with Crippen LogP contribution >= 0.6 is 0 Å². The van der Waals surface area contributed by atoms with Crippen molar-refractivity contribution in [1.82, 2.24) is 0 Å². The van der Waals surface area contributed by atoms with Crippen molar-refractivity contribution in [2.75, 3.05) is 4.90 Å². The molecule has 0 unspecified atom stereocenters. The number of hydrogen-bond acceptors (Lipinski definition) is 1. The number of nitrogens with zero attached hydrogens (tertiary/aromatic N) is 1. The summed E-state index contributed by atoms with van der Waals surface area (Å²) in [6.45, 7) is 9.59. The average molecular weight is 728 g/mol. The molecular formula is C56H41N. The van der Waals surface area contributed by atoms with E-state index >= 15 is 0 Å². The standard InChI is InChI=1S/C56H41N/c1-55(2)51-32-38-15-8-7-14-37(38)30-49(51)50-31-39-18-22-43(29-41(39)33-52(50)55)57(42-21-17-34-11-5-6-13-36(34)27-42)44-23-26-46-40(28-44)20-25-48-47-24-19-35-12-9-10-16-45(35)53(47)56(3,4)54(46)48/h5-33H,1-4H3. The van der Waals surface area contributed by atoms with Gasteiger partial charge in [0.1, 0.15) is 0 Å². The van der Waals surface area contributed by atoms with E-state index in [1.807, 2.05) is 0 Å². The molecule has 0 saturated heterocycles. The normalized spacial score (nSPS) is 14.6. The van der Waals surface area contributed by atoms with Crippen LogP contribution in [0.25, 0.3) is 76.1 Å². The van der Waals surface area contributed by atoms with Gasteiger partial charge >= 0.3 is 0 Å². The van der Waals surface area contributed by atoms with Crippen LogP contribution in [0.4, 0.5) is 17.1 Å². The van der Waals surface area contributed by atoms with E-state index < -0.39 is 0 Å². The molecule has 270 valence electrons. The maximum atomic E-state index is 2.46. The van der Waals surface area contributed by atoms with Crippen LogP contribution in [0.5, 0.6) is 0 Å². The Bertz CT molecular complexity index is 3360. The van der Waals surface area contributed by atoms with Crippen LogP contribution in [-0.2, 0) is 10.8 Å². The summed E-state index contributed by atoms with van der Waals surface area (Å²) in [6, 6.07) is 66.3. The summed E-state index contributed by atoms with van der Waals surface area (Å²) in [7, 11) is 0. The molecule has 0 N–H and O–H groups in total. The molecule has 0 atom stereocenters. The highest BCUT2D eigenvalue weighted by Gasteiger charge is 2.39. The Balaban J connectivity index is 1.03. The molecule has 1 heteroatoms. The van der Waals surface area contributed by atoms with Crippen molar-refractivity contribution in [2.24, 2.45) is 0 Å². The second-order valence-corrected chi connectivity index (χ2v) is 17.4. The highest BCUT2D eigenvalue weighted by atomic mass is 15.1. The van der Waals surface area contributed by atoms with Gasteiger partial charge in [0.05, 0.1) is 0 Å². The summed E-state index contributed by atoms with van der Waals surface area (Å²) in [6.07, 6.45) is 0. The fraction of sp³-hybridized carbons (Fsp3) is 0.107. The first kappa shape index (κ1) is 32.5. The van der Waals surface area contributed by atoms with Gasteiger partial charge in [-0.15, -0.1) is 0 Å². The minimum absolute atomic E-state index is 0.102. The van der Waals surface area contributed by atoms with Crippen LogP contribution in [0.15, 0.2) is 176 Å². The van der Waals surface area contributed by atoms with E-state index in [9.17, 15) is 0 Å². The van der Waals surface area contributed by atoms with Crippen molar-refractivity contribution < 1.29 is 0 Å². The molecule has 0 fully saturated rings. The van der Waals surface area contributed by atoms with Gasteiger partial charge in [0.2, 0.25) is 0 Å². The summed E-state index contributed by atoms with van der Waals surface area (Å²) in [4.78, 5) is 2.45. The molecule has 0 saturated carbocycles. The van der Waals surface area contributed by atoms with Crippen molar-refractivity contribution in [2.45, 2.75) is 38.5 Å². The summed E-state index contributed by atoms with van der Waals surface area (Å²) in [5.41, 5.74) is 14.3. The Kier molecular flexibility index (Phi) is 6.53. The molecule has 1 nitrogen and oxygen atoms in total. The third kappa shape index (κ3) is 4.57. The van der Waals surface area contributed by atoms with Gasteiger partial charge in [-0.2, -0.15) is 0 Å². The average Bonchev–Trinajstić information content (AvgIpc) is 3.60. The van der Waals surface area contributed by atoms with Crippen LogP contribution < -0.4 is 4.90 Å². The minimum atomic E-state index is -0.136. The maximum absolute atomic E-state index is 2.46. The second kappa shape index (κ2) is 11.4. The Morgan fingerprint density at radius 1 is 0.298 bits per heavy atom. The number of fused-ring (bicyclic) bond motifs is 13. The number of benzene rings is 10. The van der Waals surface area contributed by atoms with Gasteiger partial charge in [0, 0.05) is 27.9 Å². The summed E-state index contributed by atoms with van der Waals surface area (Å²) in [5, 5.41) is 12.8. The molecule has 0 spiro atoms. The summed E-state index contributed by atoms with van der Waals surface area (Å²) in [5.74, 6) is 0. The Morgan fingerprint density at radius 2 is 0.719 bits per heavy atom. The zero-order chi connectivity index (χ0) is 38.2. The molecule has 0 heterocycles. The lowest BCUT2D eigenvalue weighted by Gasteiger charge is -2.28. The lowest BCUT2D eigenvalue weighted by molar-refractivity contribution is 0.662.